The molecule has 2 aromatic rings. The quantitative estimate of drug-likeness (QED) is 0.635. The van der Waals surface area contributed by atoms with Crippen molar-refractivity contribution in [3.8, 4) is 0 Å². The minimum atomic E-state index is -0.507. The van der Waals surface area contributed by atoms with Gasteiger partial charge in [0, 0.05) is 30.1 Å². The molecule has 1 atom stereocenters. The molecule has 1 aromatic carbocycles. The van der Waals surface area contributed by atoms with Crippen LogP contribution in [0, 0.1) is 0 Å². The molecular weight excluding hydrogens is 446 g/mol. The highest BCUT2D eigenvalue weighted by molar-refractivity contribution is 7.17. The van der Waals surface area contributed by atoms with Crippen molar-refractivity contribution in [2.24, 2.45) is 0 Å². The van der Waals surface area contributed by atoms with Gasteiger partial charge >= 0.3 is 0 Å². The molecule has 3 aliphatic rings. The van der Waals surface area contributed by atoms with E-state index in [0.29, 0.717) is 23.5 Å². The smallest absolute Gasteiger partial charge is 0.257 e. The number of thiophene rings is 1. The fraction of sp³-hybridized carbons (Fsp3) is 0.519. The molecule has 0 saturated carbocycles. The fourth-order valence-corrected chi connectivity index (χ4v) is 6.82. The lowest BCUT2D eigenvalue weighted by Gasteiger charge is -2.28. The van der Waals surface area contributed by atoms with E-state index in [-0.39, 0.29) is 17.7 Å². The molecule has 1 aromatic heterocycles. The Morgan fingerprint density at radius 3 is 2.35 bits per heavy atom. The van der Waals surface area contributed by atoms with Gasteiger partial charge in [0.15, 0.2) is 0 Å². The van der Waals surface area contributed by atoms with Crippen LogP contribution in [-0.2, 0) is 17.6 Å². The third kappa shape index (κ3) is 4.63. The summed E-state index contributed by atoms with van der Waals surface area (Å²) in [6.07, 6.45) is 9.95. The monoisotopic (exact) mass is 479 g/mol. The summed E-state index contributed by atoms with van der Waals surface area (Å²) in [5.41, 5.74) is 2.47. The summed E-state index contributed by atoms with van der Waals surface area (Å²) in [6.45, 7) is 2.16. The van der Waals surface area contributed by atoms with Crippen LogP contribution < -0.4 is 5.32 Å². The van der Waals surface area contributed by atoms with Gasteiger partial charge in [-0.05, 0) is 75.5 Å². The van der Waals surface area contributed by atoms with Crippen LogP contribution in [0.2, 0.25) is 0 Å². The number of carbonyl (C=O) groups excluding carboxylic acids is 3. The van der Waals surface area contributed by atoms with Crippen LogP contribution in [-0.4, -0.2) is 53.2 Å². The minimum absolute atomic E-state index is 0.0676. The molecule has 1 aliphatic carbocycles. The van der Waals surface area contributed by atoms with Gasteiger partial charge in [0.1, 0.15) is 11.0 Å². The summed E-state index contributed by atoms with van der Waals surface area (Å²) in [7, 11) is 0. The Morgan fingerprint density at radius 1 is 0.824 bits per heavy atom. The molecular formula is C27H33N3O3S. The number of hydrogen-bond donors (Lipinski definition) is 1. The Bertz CT molecular complexity index is 1060. The summed E-state index contributed by atoms with van der Waals surface area (Å²) in [5, 5.41) is 3.81. The largest absolute Gasteiger partial charge is 0.339 e. The van der Waals surface area contributed by atoms with E-state index in [2.05, 4.69) is 5.32 Å². The Hall–Kier alpha value is -2.67. The second-order valence-electron chi connectivity index (χ2n) is 9.63. The maximum atomic E-state index is 13.6. The van der Waals surface area contributed by atoms with E-state index in [1.165, 1.54) is 17.7 Å². The van der Waals surface area contributed by atoms with Gasteiger partial charge < -0.3 is 15.1 Å². The molecule has 5 rings (SSSR count). The van der Waals surface area contributed by atoms with Gasteiger partial charge in [-0.2, -0.15) is 0 Å². The predicted molar refractivity (Wildman–Crippen MR) is 134 cm³/mol. The molecule has 0 unspecified atom stereocenters. The molecule has 2 saturated heterocycles. The van der Waals surface area contributed by atoms with Gasteiger partial charge in [-0.1, -0.05) is 24.6 Å². The Morgan fingerprint density at radius 2 is 1.56 bits per heavy atom. The zero-order valence-corrected chi connectivity index (χ0v) is 20.5. The van der Waals surface area contributed by atoms with Crippen molar-refractivity contribution in [3.05, 3.63) is 51.9 Å². The van der Waals surface area contributed by atoms with Gasteiger partial charge in [-0.15, -0.1) is 11.3 Å². The van der Waals surface area contributed by atoms with Crippen molar-refractivity contribution in [1.29, 1.82) is 0 Å². The van der Waals surface area contributed by atoms with Crippen LogP contribution in [0.15, 0.2) is 30.3 Å². The number of hydrogen-bond acceptors (Lipinski definition) is 4. The number of anilines is 1. The van der Waals surface area contributed by atoms with Crippen molar-refractivity contribution in [2.45, 2.75) is 70.3 Å². The van der Waals surface area contributed by atoms with Gasteiger partial charge in [-0.25, -0.2) is 0 Å². The zero-order chi connectivity index (χ0) is 23.5. The number of fused-ring (bicyclic) bond motifs is 1. The molecule has 2 aliphatic heterocycles. The second-order valence-corrected chi connectivity index (χ2v) is 10.7. The zero-order valence-electron chi connectivity index (χ0n) is 19.7. The maximum Gasteiger partial charge on any atom is 0.257 e. The average Bonchev–Trinajstić information content (AvgIpc) is 3.43. The predicted octanol–water partition coefficient (Wildman–Crippen LogP) is 4.89. The molecule has 34 heavy (non-hydrogen) atoms. The molecule has 0 bridgehead atoms. The lowest BCUT2D eigenvalue weighted by molar-refractivity contribution is -0.119. The summed E-state index contributed by atoms with van der Waals surface area (Å²) in [5.74, 6) is -0.214. The maximum absolute atomic E-state index is 13.6. The molecule has 0 spiro atoms. The average molecular weight is 480 g/mol. The van der Waals surface area contributed by atoms with Crippen molar-refractivity contribution >= 4 is 34.1 Å². The first-order valence-corrected chi connectivity index (χ1v) is 13.6. The summed E-state index contributed by atoms with van der Waals surface area (Å²) in [4.78, 5) is 45.1. The van der Waals surface area contributed by atoms with Crippen LogP contribution >= 0.6 is 11.3 Å². The molecule has 3 amide bonds. The van der Waals surface area contributed by atoms with Crippen molar-refractivity contribution in [2.75, 3.05) is 25.0 Å². The molecule has 0 radical (unpaired) electrons. The number of nitrogens with one attached hydrogen (secondary N) is 1. The van der Waals surface area contributed by atoms with Crippen LogP contribution in [0.25, 0.3) is 0 Å². The molecule has 6 nitrogen and oxygen atoms in total. The number of amides is 3. The lowest BCUT2D eigenvalue weighted by atomic mass is 10.0. The fourth-order valence-electron chi connectivity index (χ4n) is 5.54. The first-order chi connectivity index (χ1) is 16.6. The van der Waals surface area contributed by atoms with E-state index >= 15 is 0 Å². The Kier molecular flexibility index (Phi) is 6.99. The molecule has 3 heterocycles. The van der Waals surface area contributed by atoms with E-state index < -0.39 is 6.04 Å². The number of carbonyl (C=O) groups is 3. The second kappa shape index (κ2) is 10.3. The third-order valence-electron chi connectivity index (χ3n) is 7.35. The standard InChI is InChI=1S/C27H33N3O3S/c31-24(21-14-10-18-30(21)26(32)19-11-4-1-5-12-19)28-25-23(27(33)29-16-8-3-9-17-29)20-13-6-2-7-15-22(20)34-25/h1,4-5,11-12,21H,2-3,6-10,13-18H2,(H,28,31)/t21-/m1/s1. The topological polar surface area (TPSA) is 69.7 Å². The normalized spacial score (nSPS) is 20.5. The van der Waals surface area contributed by atoms with E-state index in [0.717, 1.165) is 69.2 Å². The van der Waals surface area contributed by atoms with Gasteiger partial charge in [-0.3, -0.25) is 14.4 Å². The number of benzene rings is 1. The van der Waals surface area contributed by atoms with Crippen molar-refractivity contribution in [3.63, 3.8) is 0 Å². The molecule has 180 valence electrons. The third-order valence-corrected chi connectivity index (χ3v) is 8.56. The highest BCUT2D eigenvalue weighted by Crippen LogP contribution is 2.39. The highest BCUT2D eigenvalue weighted by atomic mass is 32.1. The highest BCUT2D eigenvalue weighted by Gasteiger charge is 2.36. The Labute approximate surface area is 205 Å². The van der Waals surface area contributed by atoms with Crippen LogP contribution in [0.5, 0.6) is 0 Å². The van der Waals surface area contributed by atoms with Gasteiger partial charge in [0.25, 0.3) is 11.8 Å². The summed E-state index contributed by atoms with van der Waals surface area (Å²) >= 11 is 1.58. The van der Waals surface area contributed by atoms with Crippen molar-refractivity contribution in [1.82, 2.24) is 9.80 Å². The molecule has 2 fully saturated rings. The summed E-state index contributed by atoms with van der Waals surface area (Å²) < 4.78 is 0. The van der Waals surface area contributed by atoms with E-state index in [1.54, 1.807) is 28.4 Å². The molecule has 7 heteroatoms. The molecule has 1 N–H and O–H groups in total. The number of rotatable bonds is 4. The van der Waals surface area contributed by atoms with Crippen molar-refractivity contribution < 1.29 is 14.4 Å². The minimum Gasteiger partial charge on any atom is -0.339 e. The number of aryl methyl sites for hydroxylation is 1. The van der Waals surface area contributed by atoms with E-state index in [4.69, 9.17) is 0 Å². The number of nitrogens with zero attached hydrogens (tertiary/aromatic N) is 2. The van der Waals surface area contributed by atoms with Crippen LogP contribution in [0.1, 0.15) is 82.5 Å². The van der Waals surface area contributed by atoms with Crippen LogP contribution in [0.4, 0.5) is 5.00 Å². The van der Waals surface area contributed by atoms with Gasteiger partial charge in [0.05, 0.1) is 5.56 Å². The first-order valence-electron chi connectivity index (χ1n) is 12.7. The number of piperidine rings is 1. The Balaban J connectivity index is 1.40. The first kappa shape index (κ1) is 23.1. The van der Waals surface area contributed by atoms with Crippen LogP contribution in [0.3, 0.4) is 0 Å². The number of likely N-dealkylation sites (tertiary alicyclic amines) is 2. The van der Waals surface area contributed by atoms with Gasteiger partial charge in [0.2, 0.25) is 5.91 Å². The lowest BCUT2D eigenvalue weighted by Crippen LogP contribution is -2.43. The summed E-state index contributed by atoms with van der Waals surface area (Å²) in [6, 6.07) is 8.65. The SMILES string of the molecule is O=C(Nc1sc2c(c1C(=O)N1CCCCC1)CCCCC2)[C@H]1CCCN1C(=O)c1ccccc1. The van der Waals surface area contributed by atoms with E-state index in [9.17, 15) is 14.4 Å². The van der Waals surface area contributed by atoms with E-state index in [1.807, 2.05) is 23.1 Å².